The van der Waals surface area contributed by atoms with Gasteiger partial charge < -0.3 is 19.7 Å². The highest BCUT2D eigenvalue weighted by atomic mass is 16.5. The van der Waals surface area contributed by atoms with Gasteiger partial charge in [-0.3, -0.25) is 4.79 Å². The van der Waals surface area contributed by atoms with E-state index in [4.69, 9.17) is 9.47 Å². The molecule has 2 rings (SSSR count). The van der Waals surface area contributed by atoms with Gasteiger partial charge in [0.2, 0.25) is 0 Å². The molecule has 1 atom stereocenters. The van der Waals surface area contributed by atoms with Crippen molar-refractivity contribution >= 4 is 5.91 Å². The maximum absolute atomic E-state index is 12.2. The number of ether oxygens (including phenoxy) is 2. The fraction of sp³-hybridized carbons (Fsp3) is 0.562. The van der Waals surface area contributed by atoms with Gasteiger partial charge in [0.1, 0.15) is 5.75 Å². The van der Waals surface area contributed by atoms with E-state index in [2.05, 4.69) is 12.2 Å². The Kier molecular flexibility index (Phi) is 6.02. The number of hydrogen-bond donors (Lipinski definition) is 1. The first-order valence-corrected chi connectivity index (χ1v) is 7.53. The lowest BCUT2D eigenvalue weighted by Crippen LogP contribution is -2.46. The van der Waals surface area contributed by atoms with Crippen molar-refractivity contribution in [2.75, 3.05) is 32.8 Å². The molecule has 1 aromatic carbocycles. The molecular weight excluding hydrogens is 268 g/mol. The molecule has 0 spiro atoms. The number of amides is 1. The van der Waals surface area contributed by atoms with E-state index in [1.165, 1.54) is 5.56 Å². The third-order valence-corrected chi connectivity index (χ3v) is 3.49. The molecule has 0 radical (unpaired) electrons. The zero-order valence-electron chi connectivity index (χ0n) is 12.8. The first-order chi connectivity index (χ1) is 10.2. The second kappa shape index (κ2) is 8.00. The van der Waals surface area contributed by atoms with Crippen LogP contribution in [-0.4, -0.2) is 49.8 Å². The Hall–Kier alpha value is -1.59. The molecule has 1 aliphatic heterocycles. The fourth-order valence-electron chi connectivity index (χ4n) is 2.25. The Balaban J connectivity index is 1.86. The van der Waals surface area contributed by atoms with E-state index in [0.29, 0.717) is 26.3 Å². The van der Waals surface area contributed by atoms with Gasteiger partial charge in [-0.15, -0.1) is 0 Å². The van der Waals surface area contributed by atoms with Gasteiger partial charge in [-0.1, -0.05) is 19.1 Å². The maximum Gasteiger partial charge on any atom is 0.263 e. The molecule has 0 aromatic heterocycles. The SMILES string of the molecule is CCNCc1ccc(OC(C)C(=O)N2CCOCC2)cc1. The van der Waals surface area contributed by atoms with E-state index >= 15 is 0 Å². The summed E-state index contributed by atoms with van der Waals surface area (Å²) in [5.74, 6) is 0.749. The normalized spacial score (nSPS) is 16.6. The molecule has 116 valence electrons. The van der Waals surface area contributed by atoms with Crippen LogP contribution in [0.15, 0.2) is 24.3 Å². The van der Waals surface area contributed by atoms with Gasteiger partial charge in [0.25, 0.3) is 5.91 Å². The molecule has 1 saturated heterocycles. The van der Waals surface area contributed by atoms with Gasteiger partial charge in [0.15, 0.2) is 6.10 Å². The maximum atomic E-state index is 12.2. The molecule has 21 heavy (non-hydrogen) atoms. The van der Waals surface area contributed by atoms with Crippen LogP contribution >= 0.6 is 0 Å². The van der Waals surface area contributed by atoms with Crippen molar-refractivity contribution in [3.05, 3.63) is 29.8 Å². The number of carbonyl (C=O) groups excluding carboxylic acids is 1. The smallest absolute Gasteiger partial charge is 0.263 e. The number of rotatable bonds is 6. The van der Waals surface area contributed by atoms with Crippen molar-refractivity contribution in [2.45, 2.75) is 26.5 Å². The van der Waals surface area contributed by atoms with Gasteiger partial charge >= 0.3 is 0 Å². The van der Waals surface area contributed by atoms with Gasteiger partial charge in [-0.2, -0.15) is 0 Å². The average molecular weight is 292 g/mol. The van der Waals surface area contributed by atoms with Crippen LogP contribution in [0.5, 0.6) is 5.75 Å². The average Bonchev–Trinajstić information content (AvgIpc) is 2.54. The van der Waals surface area contributed by atoms with Crippen LogP contribution in [0.2, 0.25) is 0 Å². The van der Waals surface area contributed by atoms with Crippen LogP contribution in [0.1, 0.15) is 19.4 Å². The summed E-state index contributed by atoms with van der Waals surface area (Å²) in [5, 5.41) is 3.27. The van der Waals surface area contributed by atoms with Gasteiger partial charge in [-0.25, -0.2) is 0 Å². The first-order valence-electron chi connectivity index (χ1n) is 7.53. The van der Waals surface area contributed by atoms with Crippen molar-refractivity contribution < 1.29 is 14.3 Å². The molecule has 1 unspecified atom stereocenters. The Labute approximate surface area is 126 Å². The number of nitrogens with one attached hydrogen (secondary N) is 1. The topological polar surface area (TPSA) is 50.8 Å². The molecule has 1 fully saturated rings. The van der Waals surface area contributed by atoms with E-state index in [9.17, 15) is 4.79 Å². The minimum atomic E-state index is -0.470. The third kappa shape index (κ3) is 4.72. The monoisotopic (exact) mass is 292 g/mol. The van der Waals surface area contributed by atoms with Crippen molar-refractivity contribution in [1.29, 1.82) is 0 Å². The Morgan fingerprint density at radius 2 is 2.00 bits per heavy atom. The standard InChI is InChI=1S/C16H24N2O3/c1-3-17-12-14-4-6-15(7-5-14)21-13(2)16(19)18-8-10-20-11-9-18/h4-7,13,17H,3,8-12H2,1-2H3. The van der Waals surface area contributed by atoms with Crippen LogP contribution in [0.25, 0.3) is 0 Å². The van der Waals surface area contributed by atoms with Crippen molar-refractivity contribution in [3.8, 4) is 5.75 Å². The molecule has 1 aromatic rings. The highest BCUT2D eigenvalue weighted by Gasteiger charge is 2.23. The molecule has 0 bridgehead atoms. The molecule has 1 aliphatic rings. The fourth-order valence-corrected chi connectivity index (χ4v) is 2.25. The summed E-state index contributed by atoms with van der Waals surface area (Å²) in [5.41, 5.74) is 1.20. The Morgan fingerprint density at radius 3 is 2.62 bits per heavy atom. The number of hydrogen-bond acceptors (Lipinski definition) is 4. The third-order valence-electron chi connectivity index (χ3n) is 3.49. The van der Waals surface area contributed by atoms with Gasteiger partial charge in [0, 0.05) is 19.6 Å². The molecule has 1 amide bonds. The summed E-state index contributed by atoms with van der Waals surface area (Å²) in [6, 6.07) is 7.86. The number of carbonyl (C=O) groups is 1. The summed E-state index contributed by atoms with van der Waals surface area (Å²) in [7, 11) is 0. The van der Waals surface area contributed by atoms with Crippen LogP contribution in [-0.2, 0) is 16.1 Å². The summed E-state index contributed by atoms with van der Waals surface area (Å²) in [4.78, 5) is 14.0. The predicted molar refractivity (Wildman–Crippen MR) is 81.3 cm³/mol. The lowest BCUT2D eigenvalue weighted by atomic mass is 10.2. The number of nitrogens with zero attached hydrogens (tertiary/aromatic N) is 1. The molecule has 5 nitrogen and oxygen atoms in total. The summed E-state index contributed by atoms with van der Waals surface area (Å²) < 4.78 is 11.0. The quantitative estimate of drug-likeness (QED) is 0.861. The van der Waals surface area contributed by atoms with Crippen LogP contribution in [0.4, 0.5) is 0 Å². The second-order valence-corrected chi connectivity index (χ2v) is 5.12. The van der Waals surface area contributed by atoms with Crippen LogP contribution < -0.4 is 10.1 Å². The van der Waals surface area contributed by atoms with E-state index in [1.807, 2.05) is 24.3 Å². The predicted octanol–water partition coefficient (Wildman–Crippen LogP) is 1.42. The van der Waals surface area contributed by atoms with Crippen LogP contribution in [0.3, 0.4) is 0 Å². The van der Waals surface area contributed by atoms with Crippen molar-refractivity contribution in [1.82, 2.24) is 10.2 Å². The van der Waals surface area contributed by atoms with E-state index in [-0.39, 0.29) is 5.91 Å². The highest BCUT2D eigenvalue weighted by Crippen LogP contribution is 2.15. The molecule has 1 N–H and O–H groups in total. The zero-order chi connectivity index (χ0) is 15.1. The molecule has 0 aliphatic carbocycles. The lowest BCUT2D eigenvalue weighted by Gasteiger charge is -2.29. The second-order valence-electron chi connectivity index (χ2n) is 5.12. The summed E-state index contributed by atoms with van der Waals surface area (Å²) in [6.07, 6.45) is -0.470. The van der Waals surface area contributed by atoms with E-state index < -0.39 is 6.10 Å². The van der Waals surface area contributed by atoms with Gasteiger partial charge in [-0.05, 0) is 31.2 Å². The minimum absolute atomic E-state index is 0.0232. The Bertz CT molecular complexity index is 441. The van der Waals surface area contributed by atoms with Crippen molar-refractivity contribution in [2.24, 2.45) is 0 Å². The molecule has 5 heteroatoms. The first kappa shape index (κ1) is 15.8. The highest BCUT2D eigenvalue weighted by molar-refractivity contribution is 5.81. The summed E-state index contributed by atoms with van der Waals surface area (Å²) >= 11 is 0. The van der Waals surface area contributed by atoms with Crippen LogP contribution in [0, 0.1) is 0 Å². The number of morpholine rings is 1. The van der Waals surface area contributed by atoms with Gasteiger partial charge in [0.05, 0.1) is 13.2 Å². The molecule has 1 heterocycles. The van der Waals surface area contributed by atoms with Crippen molar-refractivity contribution in [3.63, 3.8) is 0 Å². The van der Waals surface area contributed by atoms with E-state index in [0.717, 1.165) is 18.8 Å². The van der Waals surface area contributed by atoms with E-state index in [1.54, 1.807) is 11.8 Å². The molecule has 0 saturated carbocycles. The Morgan fingerprint density at radius 1 is 1.33 bits per heavy atom. The number of benzene rings is 1. The largest absolute Gasteiger partial charge is 0.481 e. The zero-order valence-corrected chi connectivity index (χ0v) is 12.8. The minimum Gasteiger partial charge on any atom is -0.481 e. The lowest BCUT2D eigenvalue weighted by molar-refractivity contribution is -0.142. The molecular formula is C16H24N2O3. The summed E-state index contributed by atoms with van der Waals surface area (Å²) in [6.45, 7) is 8.18.